The molecule has 0 saturated heterocycles. The minimum absolute atomic E-state index is 0.000843. The normalized spacial score (nSPS) is 12.5. The molecule has 210 valence electrons. The molecular formula is C31H31N5O5. The van der Waals surface area contributed by atoms with E-state index in [0.717, 1.165) is 49.5 Å². The largest absolute Gasteiger partial charge is 0.508 e. The number of nitriles is 3. The highest BCUT2D eigenvalue weighted by molar-refractivity contribution is 6.25. The van der Waals surface area contributed by atoms with E-state index in [1.807, 2.05) is 18.2 Å². The minimum atomic E-state index is -0.717. The third-order valence-electron chi connectivity index (χ3n) is 6.38. The fraction of sp³-hybridized carbons (Fsp3) is 0.323. The average Bonchev–Trinajstić information content (AvgIpc) is 3.27. The van der Waals surface area contributed by atoms with E-state index in [1.165, 1.54) is 24.3 Å². The molecule has 1 amide bonds. The van der Waals surface area contributed by atoms with Crippen molar-refractivity contribution in [1.29, 1.82) is 15.8 Å². The molecule has 0 aliphatic carbocycles. The molecule has 0 bridgehead atoms. The summed E-state index contributed by atoms with van der Waals surface area (Å²) in [6.45, 7) is 5.53. The van der Waals surface area contributed by atoms with Crippen molar-refractivity contribution in [1.82, 2.24) is 5.06 Å². The second-order valence-corrected chi connectivity index (χ2v) is 9.17. The van der Waals surface area contributed by atoms with Gasteiger partial charge in [-0.15, -0.1) is 0 Å². The summed E-state index contributed by atoms with van der Waals surface area (Å²) in [5.41, 5.74) is 0.779. The van der Waals surface area contributed by atoms with Gasteiger partial charge in [0.05, 0.1) is 16.7 Å². The van der Waals surface area contributed by atoms with Gasteiger partial charge in [0.15, 0.2) is 5.57 Å². The number of carbonyl (C=O) groups is 2. The number of rotatable bonds is 13. The predicted molar refractivity (Wildman–Crippen MR) is 150 cm³/mol. The van der Waals surface area contributed by atoms with E-state index in [-0.39, 0.29) is 41.4 Å². The standard InChI is InChI=1S/C31H31N5O5/c1-3-5-15-35(16-6-4-2)25-11-7-22(8-12-25)28-27(21-34)29(24(19-32)20-33)36(30(28)38)41-18-17-40-31(39)23-9-13-26(37)14-10-23/h7-14,37H,3-6,15-18H2,1-2H3. The zero-order chi connectivity index (χ0) is 29.8. The van der Waals surface area contributed by atoms with Gasteiger partial charge in [0, 0.05) is 18.8 Å². The summed E-state index contributed by atoms with van der Waals surface area (Å²) in [6.07, 6.45) is 4.22. The average molecular weight is 554 g/mol. The van der Waals surface area contributed by atoms with Crippen molar-refractivity contribution in [2.75, 3.05) is 31.2 Å². The quantitative estimate of drug-likeness (QED) is 0.205. The van der Waals surface area contributed by atoms with Crippen LogP contribution >= 0.6 is 0 Å². The van der Waals surface area contributed by atoms with Crippen LogP contribution in [0.25, 0.3) is 5.57 Å². The Hall–Kier alpha value is -5.11. The van der Waals surface area contributed by atoms with Gasteiger partial charge >= 0.3 is 5.97 Å². The fourth-order valence-corrected chi connectivity index (χ4v) is 4.24. The Kier molecular flexibility index (Phi) is 11.0. The first kappa shape index (κ1) is 30.4. The Morgan fingerprint density at radius 3 is 2.07 bits per heavy atom. The highest BCUT2D eigenvalue weighted by Gasteiger charge is 2.39. The monoisotopic (exact) mass is 553 g/mol. The molecule has 0 unspecified atom stereocenters. The fourth-order valence-electron chi connectivity index (χ4n) is 4.24. The van der Waals surface area contributed by atoms with Crippen molar-refractivity contribution in [3.8, 4) is 24.0 Å². The van der Waals surface area contributed by atoms with E-state index in [9.17, 15) is 30.5 Å². The Morgan fingerprint density at radius 1 is 0.927 bits per heavy atom. The highest BCUT2D eigenvalue weighted by Crippen LogP contribution is 2.37. The van der Waals surface area contributed by atoms with E-state index in [0.29, 0.717) is 5.56 Å². The van der Waals surface area contributed by atoms with E-state index in [4.69, 9.17) is 9.57 Å². The van der Waals surface area contributed by atoms with Crippen LogP contribution in [-0.2, 0) is 14.4 Å². The maximum absolute atomic E-state index is 13.5. The molecule has 1 aliphatic rings. The maximum atomic E-state index is 13.5. The molecule has 3 rings (SSSR count). The van der Waals surface area contributed by atoms with Crippen molar-refractivity contribution < 1.29 is 24.3 Å². The van der Waals surface area contributed by atoms with Crippen LogP contribution in [0.4, 0.5) is 5.69 Å². The Balaban J connectivity index is 1.83. The van der Waals surface area contributed by atoms with Crippen molar-refractivity contribution in [3.05, 3.63) is 76.5 Å². The summed E-state index contributed by atoms with van der Waals surface area (Å²) in [7, 11) is 0. The van der Waals surface area contributed by atoms with Crippen LogP contribution in [0, 0.1) is 34.0 Å². The first-order valence-electron chi connectivity index (χ1n) is 13.4. The number of hydrogen-bond donors (Lipinski definition) is 1. The van der Waals surface area contributed by atoms with Gasteiger partial charge < -0.3 is 14.7 Å². The molecule has 0 fully saturated rings. The lowest BCUT2D eigenvalue weighted by atomic mass is 9.99. The molecule has 2 aromatic rings. The van der Waals surface area contributed by atoms with E-state index in [1.54, 1.807) is 24.3 Å². The van der Waals surface area contributed by atoms with Gasteiger partial charge in [-0.1, -0.05) is 38.8 Å². The molecule has 2 aromatic carbocycles. The molecule has 0 radical (unpaired) electrons. The third-order valence-corrected chi connectivity index (χ3v) is 6.38. The summed E-state index contributed by atoms with van der Waals surface area (Å²) in [5, 5.41) is 39.2. The van der Waals surface area contributed by atoms with Gasteiger partial charge in [0.25, 0.3) is 5.91 Å². The molecule has 0 aromatic heterocycles. The molecule has 0 spiro atoms. The molecule has 1 N–H and O–H groups in total. The summed E-state index contributed by atoms with van der Waals surface area (Å²) in [6, 6.07) is 18.1. The lowest BCUT2D eigenvalue weighted by Gasteiger charge is -2.25. The molecule has 1 aliphatic heterocycles. The number of unbranched alkanes of at least 4 members (excludes halogenated alkanes) is 2. The molecular weight excluding hydrogens is 522 g/mol. The lowest BCUT2D eigenvalue weighted by molar-refractivity contribution is -0.167. The van der Waals surface area contributed by atoms with Crippen LogP contribution in [0.15, 0.2) is 65.4 Å². The number of nitrogens with zero attached hydrogens (tertiary/aromatic N) is 5. The van der Waals surface area contributed by atoms with Gasteiger partial charge in [-0.25, -0.2) is 4.79 Å². The van der Waals surface area contributed by atoms with Crippen LogP contribution in [0.5, 0.6) is 5.75 Å². The Labute approximate surface area is 239 Å². The number of ether oxygens (including phenoxy) is 1. The molecule has 0 atom stereocenters. The first-order chi connectivity index (χ1) is 19.9. The summed E-state index contributed by atoms with van der Waals surface area (Å²) in [5.74, 6) is -1.39. The Bertz CT molecular complexity index is 1420. The minimum Gasteiger partial charge on any atom is -0.508 e. The van der Waals surface area contributed by atoms with Gasteiger partial charge in [0.1, 0.15) is 42.9 Å². The van der Waals surface area contributed by atoms with Crippen LogP contribution < -0.4 is 4.90 Å². The van der Waals surface area contributed by atoms with Crippen molar-refractivity contribution >= 4 is 23.1 Å². The zero-order valence-corrected chi connectivity index (χ0v) is 23.1. The summed E-state index contributed by atoms with van der Waals surface area (Å²) >= 11 is 0. The van der Waals surface area contributed by atoms with Gasteiger partial charge in [-0.05, 0) is 54.8 Å². The second-order valence-electron chi connectivity index (χ2n) is 9.17. The summed E-state index contributed by atoms with van der Waals surface area (Å²) in [4.78, 5) is 33.6. The zero-order valence-electron chi connectivity index (χ0n) is 23.1. The number of amides is 1. The van der Waals surface area contributed by atoms with E-state index < -0.39 is 17.4 Å². The maximum Gasteiger partial charge on any atom is 0.338 e. The van der Waals surface area contributed by atoms with Crippen molar-refractivity contribution in [3.63, 3.8) is 0 Å². The highest BCUT2D eigenvalue weighted by atomic mass is 16.7. The number of hydroxylamine groups is 2. The number of benzene rings is 2. The number of phenols is 1. The number of allylic oxidation sites excluding steroid dienone is 2. The first-order valence-corrected chi connectivity index (χ1v) is 13.4. The molecule has 10 heteroatoms. The van der Waals surface area contributed by atoms with Crippen LogP contribution in [0.1, 0.15) is 55.5 Å². The third kappa shape index (κ3) is 7.30. The number of esters is 1. The van der Waals surface area contributed by atoms with E-state index >= 15 is 0 Å². The number of phenolic OH excluding ortho intramolecular Hbond substituents is 1. The smallest absolute Gasteiger partial charge is 0.338 e. The topological polar surface area (TPSA) is 151 Å². The predicted octanol–water partition coefficient (Wildman–Crippen LogP) is 5.01. The van der Waals surface area contributed by atoms with Crippen molar-refractivity contribution in [2.24, 2.45) is 0 Å². The SMILES string of the molecule is CCCCN(CCCC)c1ccc(C2=C(C#N)C(=C(C#N)C#N)N(OCCOC(=O)c3ccc(O)cc3)C2=O)cc1. The molecule has 41 heavy (non-hydrogen) atoms. The Morgan fingerprint density at radius 2 is 1.54 bits per heavy atom. The molecule has 0 saturated carbocycles. The van der Waals surface area contributed by atoms with Gasteiger partial charge in [0.2, 0.25) is 0 Å². The summed E-state index contributed by atoms with van der Waals surface area (Å²) < 4.78 is 5.15. The van der Waals surface area contributed by atoms with Crippen LogP contribution in [0.3, 0.4) is 0 Å². The number of aromatic hydroxyl groups is 1. The second kappa shape index (κ2) is 14.9. The van der Waals surface area contributed by atoms with Crippen LogP contribution in [0.2, 0.25) is 0 Å². The van der Waals surface area contributed by atoms with Crippen molar-refractivity contribution in [2.45, 2.75) is 39.5 Å². The van der Waals surface area contributed by atoms with Crippen LogP contribution in [-0.4, -0.2) is 48.3 Å². The number of carbonyl (C=O) groups excluding carboxylic acids is 2. The van der Waals surface area contributed by atoms with Gasteiger partial charge in [-0.2, -0.15) is 20.8 Å². The molecule has 10 nitrogen and oxygen atoms in total. The lowest BCUT2D eigenvalue weighted by Crippen LogP contribution is -2.29. The molecule has 1 heterocycles. The van der Waals surface area contributed by atoms with E-state index in [2.05, 4.69) is 18.7 Å². The number of anilines is 1. The van der Waals surface area contributed by atoms with Gasteiger partial charge in [-0.3, -0.25) is 9.63 Å². The number of hydrogen-bond acceptors (Lipinski definition) is 9.